The lowest BCUT2D eigenvalue weighted by atomic mass is 10.1. The van der Waals surface area contributed by atoms with Gasteiger partial charge in [-0.1, -0.05) is 13.0 Å². The van der Waals surface area contributed by atoms with E-state index in [4.69, 9.17) is 10.1 Å². The lowest BCUT2D eigenvalue weighted by molar-refractivity contribution is -0.136. The van der Waals surface area contributed by atoms with Crippen molar-refractivity contribution >= 4 is 47.8 Å². The molecular formula is C18H27Cl2N5O2. The predicted octanol–water partition coefficient (Wildman–Crippen LogP) is 3.39. The van der Waals surface area contributed by atoms with E-state index in [1.54, 1.807) is 6.20 Å². The summed E-state index contributed by atoms with van der Waals surface area (Å²) in [5, 5.41) is 19.8. The molecule has 0 radical (unpaired) electrons. The van der Waals surface area contributed by atoms with Crippen LogP contribution in [0.25, 0.3) is 11.2 Å². The van der Waals surface area contributed by atoms with Crippen LogP contribution in [-0.2, 0) is 4.79 Å². The highest BCUT2D eigenvalue weighted by molar-refractivity contribution is 5.85. The van der Waals surface area contributed by atoms with E-state index < -0.39 is 5.97 Å². The molecule has 2 aromatic rings. The summed E-state index contributed by atoms with van der Waals surface area (Å²) in [4.78, 5) is 15.4. The molecule has 0 bridgehead atoms. The first-order valence-electron chi connectivity index (χ1n) is 8.82. The number of anilines is 1. The zero-order valence-corrected chi connectivity index (χ0v) is 17.1. The van der Waals surface area contributed by atoms with E-state index in [-0.39, 0.29) is 37.4 Å². The Morgan fingerprint density at radius 2 is 2.11 bits per heavy atom. The maximum atomic E-state index is 10.7. The first kappa shape index (κ1) is 23.2. The number of aliphatic carboxylic acids is 1. The maximum absolute atomic E-state index is 10.7. The number of nitrogens with zero attached hydrogens (tertiary/aromatic N) is 3. The minimum absolute atomic E-state index is 0. The molecule has 1 saturated carbocycles. The van der Waals surface area contributed by atoms with Gasteiger partial charge in [0.15, 0.2) is 5.65 Å². The van der Waals surface area contributed by atoms with E-state index >= 15 is 0 Å². The molecule has 27 heavy (non-hydrogen) atoms. The van der Waals surface area contributed by atoms with Crippen molar-refractivity contribution in [3.8, 4) is 0 Å². The first-order valence-corrected chi connectivity index (χ1v) is 8.82. The highest BCUT2D eigenvalue weighted by Gasteiger charge is 2.25. The summed E-state index contributed by atoms with van der Waals surface area (Å²) in [5.41, 5.74) is 3.00. The van der Waals surface area contributed by atoms with Crippen molar-refractivity contribution < 1.29 is 9.90 Å². The predicted molar refractivity (Wildman–Crippen MR) is 112 cm³/mol. The van der Waals surface area contributed by atoms with E-state index in [1.165, 1.54) is 5.57 Å². The number of halogens is 2. The molecular weight excluding hydrogens is 389 g/mol. The molecule has 0 saturated heterocycles. The molecule has 0 amide bonds. The highest BCUT2D eigenvalue weighted by atomic mass is 35.5. The van der Waals surface area contributed by atoms with Crippen molar-refractivity contribution in [2.24, 2.45) is 0 Å². The zero-order valence-electron chi connectivity index (χ0n) is 15.5. The molecule has 0 unspecified atom stereocenters. The Kier molecular flexibility index (Phi) is 9.02. The molecule has 0 aliphatic heterocycles. The summed E-state index contributed by atoms with van der Waals surface area (Å²) in [6.07, 6.45) is 7.66. The Morgan fingerprint density at radius 1 is 1.37 bits per heavy atom. The summed E-state index contributed by atoms with van der Waals surface area (Å²) >= 11 is 0. The van der Waals surface area contributed by atoms with Crippen LogP contribution in [0, 0.1) is 0 Å². The van der Waals surface area contributed by atoms with Gasteiger partial charge >= 0.3 is 5.97 Å². The molecule has 3 N–H and O–H groups in total. The molecule has 1 aliphatic rings. The van der Waals surface area contributed by atoms with Gasteiger partial charge in [-0.15, -0.1) is 24.8 Å². The minimum Gasteiger partial charge on any atom is -0.480 e. The largest absolute Gasteiger partial charge is 0.480 e. The van der Waals surface area contributed by atoms with E-state index in [0.717, 1.165) is 42.8 Å². The van der Waals surface area contributed by atoms with Gasteiger partial charge in [0.2, 0.25) is 0 Å². The average molecular weight is 416 g/mol. The van der Waals surface area contributed by atoms with Gasteiger partial charge in [0.05, 0.1) is 18.4 Å². The number of rotatable bonds is 7. The van der Waals surface area contributed by atoms with Crippen molar-refractivity contribution in [2.75, 3.05) is 11.9 Å². The summed E-state index contributed by atoms with van der Waals surface area (Å²) in [7, 11) is 0. The summed E-state index contributed by atoms with van der Waals surface area (Å²) in [6, 6.07) is 4.50. The summed E-state index contributed by atoms with van der Waals surface area (Å²) in [6.45, 7) is 4.17. The number of carboxylic acids is 1. The van der Waals surface area contributed by atoms with Crippen molar-refractivity contribution in [3.63, 3.8) is 0 Å². The van der Waals surface area contributed by atoms with Crippen LogP contribution in [0.15, 0.2) is 24.4 Å². The Labute approximate surface area is 171 Å². The Bertz CT molecular complexity index is 793. The fourth-order valence-corrected chi connectivity index (χ4v) is 3.45. The second-order valence-electron chi connectivity index (χ2n) is 6.42. The van der Waals surface area contributed by atoms with E-state index in [1.807, 2.05) is 17.5 Å². The summed E-state index contributed by atoms with van der Waals surface area (Å²) in [5.74, 6) is 0.119. The number of carboxylic acid groups (broad SMARTS) is 1. The molecule has 0 aromatic carbocycles. The molecule has 3 rings (SSSR count). The number of carbonyl (C=O) groups is 1. The van der Waals surface area contributed by atoms with Gasteiger partial charge in [0.25, 0.3) is 0 Å². The molecule has 1 aliphatic carbocycles. The van der Waals surface area contributed by atoms with E-state index in [2.05, 4.69) is 34.8 Å². The SMILES string of the molecule is C/C=C(\CC)c1cc(N[C@H]2CC[C@H](NCC(=O)O)C2)n2nccc2n1.Cl.Cl. The van der Waals surface area contributed by atoms with Gasteiger partial charge < -0.3 is 15.7 Å². The Balaban J connectivity index is 0.00000182. The Morgan fingerprint density at radius 3 is 2.78 bits per heavy atom. The number of fused-ring (bicyclic) bond motifs is 1. The molecule has 2 aromatic heterocycles. The average Bonchev–Trinajstić information content (AvgIpc) is 3.23. The zero-order chi connectivity index (χ0) is 17.8. The van der Waals surface area contributed by atoms with Gasteiger partial charge in [-0.2, -0.15) is 9.61 Å². The number of nitrogens with one attached hydrogen (secondary N) is 2. The quantitative estimate of drug-likeness (QED) is 0.641. The Hall–Kier alpha value is -1.83. The summed E-state index contributed by atoms with van der Waals surface area (Å²) < 4.78 is 1.82. The lowest BCUT2D eigenvalue weighted by Gasteiger charge is -2.17. The fraction of sp³-hybridized carbons (Fsp3) is 0.500. The number of hydrogen-bond donors (Lipinski definition) is 3. The van der Waals surface area contributed by atoms with Crippen LogP contribution >= 0.6 is 24.8 Å². The fourth-order valence-electron chi connectivity index (χ4n) is 3.45. The topological polar surface area (TPSA) is 91.5 Å². The second-order valence-corrected chi connectivity index (χ2v) is 6.42. The smallest absolute Gasteiger partial charge is 0.317 e. The number of allylic oxidation sites excluding steroid dienone is 2. The van der Waals surface area contributed by atoms with Gasteiger partial charge in [0.1, 0.15) is 5.82 Å². The van der Waals surface area contributed by atoms with Crippen molar-refractivity contribution in [1.82, 2.24) is 19.9 Å². The van der Waals surface area contributed by atoms with Gasteiger partial charge in [-0.05, 0) is 38.2 Å². The molecule has 150 valence electrons. The van der Waals surface area contributed by atoms with Crippen molar-refractivity contribution in [2.45, 2.75) is 51.6 Å². The van der Waals surface area contributed by atoms with Gasteiger partial charge in [0, 0.05) is 24.2 Å². The number of aromatic nitrogens is 3. The molecule has 2 heterocycles. The third kappa shape index (κ3) is 5.57. The second kappa shape index (κ2) is 10.5. The van der Waals surface area contributed by atoms with Crippen LogP contribution in [0.2, 0.25) is 0 Å². The van der Waals surface area contributed by atoms with Crippen LogP contribution in [0.3, 0.4) is 0 Å². The third-order valence-corrected chi connectivity index (χ3v) is 4.74. The van der Waals surface area contributed by atoms with Gasteiger partial charge in [-0.25, -0.2) is 4.98 Å². The van der Waals surface area contributed by atoms with Crippen LogP contribution in [0.4, 0.5) is 5.82 Å². The van der Waals surface area contributed by atoms with E-state index in [9.17, 15) is 4.79 Å². The highest BCUT2D eigenvalue weighted by Crippen LogP contribution is 2.26. The molecule has 0 spiro atoms. The maximum Gasteiger partial charge on any atom is 0.317 e. The standard InChI is InChI=1S/C18H25N5O2.2ClH/c1-3-12(4-2)15-10-17(23-16(22-15)7-8-20-23)21-14-6-5-13(9-14)19-11-18(24)25;;/h3,7-8,10,13-14,19,21H,4-6,9,11H2,1-2H3,(H,24,25);2*1H/b12-3+;;/t13-,14-;;/m0../s1. The third-order valence-electron chi connectivity index (χ3n) is 4.74. The first-order chi connectivity index (χ1) is 12.1. The van der Waals surface area contributed by atoms with Crippen LogP contribution in [0.5, 0.6) is 0 Å². The van der Waals surface area contributed by atoms with Gasteiger partial charge in [-0.3, -0.25) is 4.79 Å². The van der Waals surface area contributed by atoms with Crippen LogP contribution < -0.4 is 10.6 Å². The molecule has 1 fully saturated rings. The minimum atomic E-state index is -0.813. The normalized spacial score (nSPS) is 19.4. The molecule has 7 nitrogen and oxygen atoms in total. The monoisotopic (exact) mass is 415 g/mol. The molecule has 9 heteroatoms. The van der Waals surface area contributed by atoms with Crippen LogP contribution in [0.1, 0.15) is 45.2 Å². The number of hydrogen-bond acceptors (Lipinski definition) is 5. The van der Waals surface area contributed by atoms with Crippen molar-refractivity contribution in [1.29, 1.82) is 0 Å². The molecule has 2 atom stereocenters. The van der Waals surface area contributed by atoms with Crippen molar-refractivity contribution in [3.05, 3.63) is 30.1 Å². The van der Waals surface area contributed by atoms with E-state index in [0.29, 0.717) is 6.04 Å². The van der Waals surface area contributed by atoms with Crippen LogP contribution in [-0.4, -0.2) is 44.3 Å². The lowest BCUT2D eigenvalue weighted by Crippen LogP contribution is -2.32.